The predicted molar refractivity (Wildman–Crippen MR) is 62.6 cm³/mol. The smallest absolute Gasteiger partial charge is 0.00159 e. The van der Waals surface area contributed by atoms with Crippen LogP contribution in [0.15, 0.2) is 0 Å². The summed E-state index contributed by atoms with van der Waals surface area (Å²) in [6.07, 6.45) is 5.63. The minimum atomic E-state index is 0.929. The Kier molecular flexibility index (Phi) is 6.20. The van der Waals surface area contributed by atoms with Crippen LogP contribution in [0.25, 0.3) is 0 Å². The van der Waals surface area contributed by atoms with E-state index < -0.39 is 0 Å². The molecule has 0 radical (unpaired) electrons. The van der Waals surface area contributed by atoms with Gasteiger partial charge in [-0.05, 0) is 57.9 Å². The molecule has 0 bridgehead atoms. The molecule has 0 aromatic carbocycles. The third-order valence-corrected chi connectivity index (χ3v) is 3.40. The van der Waals surface area contributed by atoms with Gasteiger partial charge in [0, 0.05) is 0 Å². The summed E-state index contributed by atoms with van der Waals surface area (Å²) in [5, 5.41) is 3.54. The quantitative estimate of drug-likeness (QED) is 0.728. The summed E-state index contributed by atoms with van der Waals surface area (Å²) in [6, 6.07) is 0. The molecule has 1 heterocycles. The minimum Gasteiger partial charge on any atom is -0.316 e. The summed E-state index contributed by atoms with van der Waals surface area (Å²) in [7, 11) is 0. The Morgan fingerprint density at radius 2 is 2.00 bits per heavy atom. The maximum absolute atomic E-state index is 3.54. The molecule has 0 aliphatic carbocycles. The highest BCUT2D eigenvalue weighted by atomic mass is 15.1. The first-order chi connectivity index (χ1) is 6.86. The molecule has 84 valence electrons. The summed E-state index contributed by atoms with van der Waals surface area (Å²) in [4.78, 5) is 2.53. The Morgan fingerprint density at radius 3 is 2.71 bits per heavy atom. The third kappa shape index (κ3) is 4.43. The molecule has 2 heteroatoms. The zero-order valence-electron chi connectivity index (χ0n) is 9.89. The Bertz CT molecular complexity index is 124. The van der Waals surface area contributed by atoms with E-state index in [4.69, 9.17) is 0 Å². The van der Waals surface area contributed by atoms with Gasteiger partial charge in [-0.2, -0.15) is 0 Å². The van der Waals surface area contributed by atoms with Crippen LogP contribution in [0.1, 0.15) is 39.5 Å². The molecule has 1 unspecified atom stereocenters. The first-order valence-corrected chi connectivity index (χ1v) is 6.29. The maximum atomic E-state index is 3.54. The maximum Gasteiger partial charge on any atom is -0.00159 e. The van der Waals surface area contributed by atoms with Crippen LogP contribution >= 0.6 is 0 Å². The molecule has 1 aliphatic rings. The second kappa shape index (κ2) is 7.24. The van der Waals surface area contributed by atoms with Crippen LogP contribution in [-0.4, -0.2) is 37.6 Å². The molecule has 1 rings (SSSR count). The topological polar surface area (TPSA) is 15.3 Å². The fourth-order valence-corrected chi connectivity index (χ4v) is 2.24. The van der Waals surface area contributed by atoms with Gasteiger partial charge in [-0.15, -0.1) is 0 Å². The molecule has 1 atom stereocenters. The van der Waals surface area contributed by atoms with E-state index in [1.165, 1.54) is 58.4 Å². The van der Waals surface area contributed by atoms with Gasteiger partial charge in [-0.3, -0.25) is 0 Å². The van der Waals surface area contributed by atoms with Crippen molar-refractivity contribution in [2.75, 3.05) is 32.7 Å². The highest BCUT2D eigenvalue weighted by Gasteiger charge is 2.12. The fourth-order valence-electron chi connectivity index (χ4n) is 2.24. The highest BCUT2D eigenvalue weighted by Crippen LogP contribution is 2.15. The molecule has 1 saturated heterocycles. The van der Waals surface area contributed by atoms with Crippen LogP contribution in [0.5, 0.6) is 0 Å². The SMILES string of the molecule is CCN(CC)CCC1CCCCNC1. The van der Waals surface area contributed by atoms with Gasteiger partial charge in [-0.25, -0.2) is 0 Å². The van der Waals surface area contributed by atoms with E-state index in [2.05, 4.69) is 24.1 Å². The van der Waals surface area contributed by atoms with Crippen LogP contribution in [0.4, 0.5) is 0 Å². The lowest BCUT2D eigenvalue weighted by Gasteiger charge is -2.21. The monoisotopic (exact) mass is 198 g/mol. The van der Waals surface area contributed by atoms with Gasteiger partial charge < -0.3 is 10.2 Å². The van der Waals surface area contributed by atoms with Crippen molar-refractivity contribution in [2.24, 2.45) is 5.92 Å². The van der Waals surface area contributed by atoms with Crippen molar-refractivity contribution in [3.63, 3.8) is 0 Å². The normalized spacial score (nSPS) is 23.8. The molecular formula is C12H26N2. The highest BCUT2D eigenvalue weighted by molar-refractivity contribution is 4.69. The van der Waals surface area contributed by atoms with Gasteiger partial charge in [0.15, 0.2) is 0 Å². The molecule has 2 nitrogen and oxygen atoms in total. The minimum absolute atomic E-state index is 0.929. The molecule has 0 aromatic heterocycles. The lowest BCUT2D eigenvalue weighted by Crippen LogP contribution is -2.28. The van der Waals surface area contributed by atoms with E-state index in [-0.39, 0.29) is 0 Å². The molecule has 0 spiro atoms. The van der Waals surface area contributed by atoms with Crippen molar-refractivity contribution in [1.29, 1.82) is 0 Å². The van der Waals surface area contributed by atoms with Crippen LogP contribution in [0.3, 0.4) is 0 Å². The largest absolute Gasteiger partial charge is 0.316 e. The molecule has 0 saturated carbocycles. The fraction of sp³-hybridized carbons (Fsp3) is 1.00. The van der Waals surface area contributed by atoms with Crippen molar-refractivity contribution in [2.45, 2.75) is 39.5 Å². The molecule has 0 amide bonds. The van der Waals surface area contributed by atoms with Gasteiger partial charge in [0.25, 0.3) is 0 Å². The Morgan fingerprint density at radius 1 is 1.21 bits per heavy atom. The Balaban J connectivity index is 2.14. The molecule has 14 heavy (non-hydrogen) atoms. The lowest BCUT2D eigenvalue weighted by atomic mass is 9.99. The standard InChI is InChI=1S/C12H26N2/c1-3-14(4-2)10-8-12-7-5-6-9-13-11-12/h12-13H,3-11H2,1-2H3. The van der Waals surface area contributed by atoms with E-state index in [1.54, 1.807) is 0 Å². The second-order valence-electron chi connectivity index (χ2n) is 4.38. The van der Waals surface area contributed by atoms with E-state index in [0.29, 0.717) is 0 Å². The van der Waals surface area contributed by atoms with Crippen molar-refractivity contribution in [1.82, 2.24) is 10.2 Å². The van der Waals surface area contributed by atoms with E-state index in [9.17, 15) is 0 Å². The van der Waals surface area contributed by atoms with E-state index in [0.717, 1.165) is 5.92 Å². The average Bonchev–Trinajstić information content (AvgIpc) is 2.48. The number of nitrogens with zero attached hydrogens (tertiary/aromatic N) is 1. The van der Waals surface area contributed by atoms with Crippen LogP contribution in [-0.2, 0) is 0 Å². The average molecular weight is 198 g/mol. The summed E-state index contributed by atoms with van der Waals surface area (Å²) in [5.74, 6) is 0.929. The summed E-state index contributed by atoms with van der Waals surface area (Å²) in [6.45, 7) is 10.7. The zero-order chi connectivity index (χ0) is 10.2. The first kappa shape index (κ1) is 12.0. The third-order valence-electron chi connectivity index (χ3n) is 3.40. The van der Waals surface area contributed by atoms with Crippen LogP contribution in [0.2, 0.25) is 0 Å². The van der Waals surface area contributed by atoms with Gasteiger partial charge >= 0.3 is 0 Å². The summed E-state index contributed by atoms with van der Waals surface area (Å²) < 4.78 is 0. The van der Waals surface area contributed by atoms with Crippen molar-refractivity contribution >= 4 is 0 Å². The van der Waals surface area contributed by atoms with E-state index >= 15 is 0 Å². The molecule has 1 aliphatic heterocycles. The number of hydrogen-bond donors (Lipinski definition) is 1. The van der Waals surface area contributed by atoms with Crippen LogP contribution < -0.4 is 5.32 Å². The van der Waals surface area contributed by atoms with Crippen molar-refractivity contribution in [3.05, 3.63) is 0 Å². The summed E-state index contributed by atoms with van der Waals surface area (Å²) >= 11 is 0. The van der Waals surface area contributed by atoms with Gasteiger partial charge in [0.1, 0.15) is 0 Å². The van der Waals surface area contributed by atoms with Gasteiger partial charge in [-0.1, -0.05) is 20.3 Å². The molecular weight excluding hydrogens is 172 g/mol. The Labute approximate surface area is 89.1 Å². The second-order valence-corrected chi connectivity index (χ2v) is 4.38. The first-order valence-electron chi connectivity index (χ1n) is 6.29. The van der Waals surface area contributed by atoms with E-state index in [1.807, 2.05) is 0 Å². The lowest BCUT2D eigenvalue weighted by molar-refractivity contribution is 0.270. The Hall–Kier alpha value is -0.0800. The number of hydrogen-bond acceptors (Lipinski definition) is 2. The predicted octanol–water partition coefficient (Wildman–Crippen LogP) is 2.11. The zero-order valence-corrected chi connectivity index (χ0v) is 9.89. The van der Waals surface area contributed by atoms with Crippen molar-refractivity contribution in [3.8, 4) is 0 Å². The molecule has 1 N–H and O–H groups in total. The molecule has 0 aromatic rings. The van der Waals surface area contributed by atoms with Crippen LogP contribution in [0, 0.1) is 5.92 Å². The van der Waals surface area contributed by atoms with Gasteiger partial charge in [0.2, 0.25) is 0 Å². The number of nitrogens with one attached hydrogen (secondary N) is 1. The number of rotatable bonds is 5. The van der Waals surface area contributed by atoms with Gasteiger partial charge in [0.05, 0.1) is 0 Å². The van der Waals surface area contributed by atoms with Crippen molar-refractivity contribution < 1.29 is 0 Å². The summed E-state index contributed by atoms with van der Waals surface area (Å²) in [5.41, 5.74) is 0. The molecule has 1 fully saturated rings.